The molecule has 0 unspecified atom stereocenters. The Kier molecular flexibility index (Phi) is 5.47. The zero-order valence-corrected chi connectivity index (χ0v) is 12.3. The van der Waals surface area contributed by atoms with Gasteiger partial charge in [-0.3, -0.25) is 0 Å². The van der Waals surface area contributed by atoms with E-state index in [2.05, 4.69) is 0 Å². The Morgan fingerprint density at radius 1 is 1.16 bits per heavy atom. The number of phenolic OH excluding ortho intramolecular Hbond substituents is 1. The van der Waals surface area contributed by atoms with E-state index in [-0.39, 0.29) is 24.2 Å². The molecule has 1 aromatic carbocycles. The second kappa shape index (κ2) is 6.65. The predicted octanol–water partition coefficient (Wildman–Crippen LogP) is 2.94. The molecule has 0 spiro atoms. The maximum Gasteiger partial charge on any atom is 0.200 e. The predicted molar refractivity (Wildman–Crippen MR) is 78.8 cm³/mol. The summed E-state index contributed by atoms with van der Waals surface area (Å²) in [5, 5.41) is 13.8. The molecule has 0 saturated heterocycles. The van der Waals surface area contributed by atoms with Gasteiger partial charge in [-0.15, -0.1) is 12.4 Å². The molecule has 1 atom stereocenters. The lowest BCUT2D eigenvalue weighted by Crippen LogP contribution is -2.11. The molecule has 1 heterocycles. The van der Waals surface area contributed by atoms with E-state index in [9.17, 15) is 5.11 Å². The molecule has 0 aliphatic carbocycles. The fourth-order valence-electron chi connectivity index (χ4n) is 1.74. The van der Waals surface area contributed by atoms with Crippen molar-refractivity contribution >= 4 is 23.7 Å². The summed E-state index contributed by atoms with van der Waals surface area (Å²) in [6.45, 7) is 0. The average molecular weight is 302 g/mol. The van der Waals surface area contributed by atoms with Crippen LogP contribution in [0.5, 0.6) is 17.2 Å². The van der Waals surface area contributed by atoms with Crippen LogP contribution in [0.3, 0.4) is 0 Å². The van der Waals surface area contributed by atoms with E-state index >= 15 is 0 Å². The van der Waals surface area contributed by atoms with Gasteiger partial charge in [-0.05, 0) is 40.1 Å². The van der Waals surface area contributed by atoms with E-state index in [1.54, 1.807) is 23.5 Å². The number of thiophene rings is 1. The molecule has 2 aromatic rings. The minimum atomic E-state index is -0.264. The number of halogens is 1. The normalized spacial score (nSPS) is 11.5. The third kappa shape index (κ3) is 3.12. The first kappa shape index (κ1) is 15.6. The molecule has 6 heteroatoms. The van der Waals surface area contributed by atoms with Crippen LogP contribution < -0.4 is 15.2 Å². The third-order valence-electron chi connectivity index (χ3n) is 2.76. The minimum Gasteiger partial charge on any atom is -0.502 e. The number of methoxy groups -OCH3 is 2. The lowest BCUT2D eigenvalue weighted by molar-refractivity contribution is 0.339. The van der Waals surface area contributed by atoms with Gasteiger partial charge in [-0.1, -0.05) is 0 Å². The number of benzene rings is 1. The summed E-state index contributed by atoms with van der Waals surface area (Å²) in [7, 11) is 2.99. The van der Waals surface area contributed by atoms with Gasteiger partial charge in [-0.25, -0.2) is 0 Å². The van der Waals surface area contributed by atoms with Crippen LogP contribution in [0.25, 0.3) is 0 Å². The largest absolute Gasteiger partial charge is 0.502 e. The highest BCUT2D eigenvalue weighted by atomic mass is 35.5. The Bertz CT molecular complexity index is 506. The highest BCUT2D eigenvalue weighted by Gasteiger charge is 2.16. The fraction of sp³-hybridized carbons (Fsp3) is 0.231. The van der Waals surface area contributed by atoms with Gasteiger partial charge in [0.1, 0.15) is 0 Å². The van der Waals surface area contributed by atoms with Gasteiger partial charge >= 0.3 is 0 Å². The number of aromatic hydroxyl groups is 1. The molecule has 19 heavy (non-hydrogen) atoms. The molecular formula is C13H16ClNO3S. The molecule has 0 radical (unpaired) electrons. The quantitative estimate of drug-likeness (QED) is 0.911. The fourth-order valence-corrected chi connectivity index (χ4v) is 2.43. The van der Waals surface area contributed by atoms with Crippen molar-refractivity contribution in [3.8, 4) is 17.2 Å². The highest BCUT2D eigenvalue weighted by Crippen LogP contribution is 2.39. The topological polar surface area (TPSA) is 64.7 Å². The van der Waals surface area contributed by atoms with Gasteiger partial charge in [-0.2, -0.15) is 11.3 Å². The molecule has 104 valence electrons. The maximum absolute atomic E-state index is 9.84. The van der Waals surface area contributed by atoms with Crippen molar-refractivity contribution in [3.05, 3.63) is 40.1 Å². The van der Waals surface area contributed by atoms with E-state index in [1.807, 2.05) is 16.8 Å². The van der Waals surface area contributed by atoms with Crippen LogP contribution in [-0.2, 0) is 0 Å². The molecule has 1 aromatic heterocycles. The molecule has 0 fully saturated rings. The first-order chi connectivity index (χ1) is 8.67. The minimum absolute atomic E-state index is 0. The number of hydrogen-bond acceptors (Lipinski definition) is 5. The van der Waals surface area contributed by atoms with Crippen LogP contribution in [0.2, 0.25) is 0 Å². The molecule has 0 aliphatic rings. The van der Waals surface area contributed by atoms with Crippen molar-refractivity contribution < 1.29 is 14.6 Å². The van der Waals surface area contributed by atoms with Gasteiger partial charge in [0, 0.05) is 0 Å². The van der Waals surface area contributed by atoms with Gasteiger partial charge in [0.05, 0.1) is 20.3 Å². The molecular weight excluding hydrogens is 286 g/mol. The second-order valence-corrected chi connectivity index (χ2v) is 4.59. The average Bonchev–Trinajstić information content (AvgIpc) is 2.92. The monoisotopic (exact) mass is 301 g/mol. The summed E-state index contributed by atoms with van der Waals surface area (Å²) >= 11 is 1.59. The molecule has 0 amide bonds. The van der Waals surface area contributed by atoms with E-state index in [0.717, 1.165) is 11.1 Å². The summed E-state index contributed by atoms with van der Waals surface area (Å²) in [6.07, 6.45) is 0. The number of phenols is 1. The summed E-state index contributed by atoms with van der Waals surface area (Å²) in [5.74, 6) is 0.700. The van der Waals surface area contributed by atoms with E-state index in [4.69, 9.17) is 15.2 Å². The lowest BCUT2D eigenvalue weighted by Gasteiger charge is -2.15. The third-order valence-corrected chi connectivity index (χ3v) is 3.47. The number of rotatable bonds is 4. The molecule has 0 bridgehead atoms. The first-order valence-corrected chi connectivity index (χ1v) is 6.34. The maximum atomic E-state index is 9.84. The summed E-state index contributed by atoms with van der Waals surface area (Å²) in [6, 6.07) is 5.15. The van der Waals surface area contributed by atoms with Crippen molar-refractivity contribution in [2.75, 3.05) is 14.2 Å². The van der Waals surface area contributed by atoms with Crippen molar-refractivity contribution in [3.63, 3.8) is 0 Å². The van der Waals surface area contributed by atoms with Gasteiger partial charge in [0.15, 0.2) is 11.5 Å². The Hall–Kier alpha value is -1.43. The van der Waals surface area contributed by atoms with Crippen LogP contribution in [0.1, 0.15) is 17.2 Å². The van der Waals surface area contributed by atoms with Crippen LogP contribution in [0.15, 0.2) is 29.0 Å². The van der Waals surface area contributed by atoms with E-state index in [0.29, 0.717) is 11.5 Å². The van der Waals surface area contributed by atoms with Gasteiger partial charge in [0.25, 0.3) is 0 Å². The smallest absolute Gasteiger partial charge is 0.200 e. The van der Waals surface area contributed by atoms with E-state index < -0.39 is 0 Å². The summed E-state index contributed by atoms with van der Waals surface area (Å²) in [4.78, 5) is 0. The first-order valence-electron chi connectivity index (χ1n) is 5.40. The Morgan fingerprint density at radius 3 is 2.16 bits per heavy atom. The number of nitrogens with two attached hydrogens (primary N) is 1. The Labute approximate surface area is 122 Å². The molecule has 2 rings (SSSR count). The van der Waals surface area contributed by atoms with Crippen LogP contribution in [0.4, 0.5) is 0 Å². The standard InChI is InChI=1S/C13H15NO3S.ClH/c1-16-10-5-9(6-11(17-2)13(10)15)12(14)8-3-4-18-7-8;/h3-7,12,15H,14H2,1-2H3;1H/t12-;/m0./s1. The SMILES string of the molecule is COc1cc([C@@H](N)c2ccsc2)cc(OC)c1O.Cl. The zero-order chi connectivity index (χ0) is 13.1. The Morgan fingerprint density at radius 2 is 1.74 bits per heavy atom. The number of hydrogen-bond donors (Lipinski definition) is 2. The molecule has 0 saturated carbocycles. The lowest BCUT2D eigenvalue weighted by atomic mass is 10.0. The zero-order valence-electron chi connectivity index (χ0n) is 10.6. The highest BCUT2D eigenvalue weighted by molar-refractivity contribution is 7.08. The summed E-state index contributed by atoms with van der Waals surface area (Å²) in [5.41, 5.74) is 8.03. The van der Waals surface area contributed by atoms with Crippen molar-refractivity contribution in [1.82, 2.24) is 0 Å². The van der Waals surface area contributed by atoms with Crippen molar-refractivity contribution in [2.45, 2.75) is 6.04 Å². The Balaban J connectivity index is 0.00000180. The number of ether oxygens (including phenoxy) is 2. The summed E-state index contributed by atoms with van der Waals surface area (Å²) < 4.78 is 10.2. The second-order valence-electron chi connectivity index (χ2n) is 3.81. The van der Waals surface area contributed by atoms with Crippen molar-refractivity contribution in [1.29, 1.82) is 0 Å². The van der Waals surface area contributed by atoms with Crippen LogP contribution in [-0.4, -0.2) is 19.3 Å². The molecule has 0 aliphatic heterocycles. The molecule has 3 N–H and O–H groups in total. The van der Waals surface area contributed by atoms with Gasteiger partial charge in [0.2, 0.25) is 5.75 Å². The van der Waals surface area contributed by atoms with Gasteiger partial charge < -0.3 is 20.3 Å². The van der Waals surface area contributed by atoms with E-state index in [1.165, 1.54) is 14.2 Å². The van der Waals surface area contributed by atoms with Crippen LogP contribution >= 0.6 is 23.7 Å². The molecule has 4 nitrogen and oxygen atoms in total. The van der Waals surface area contributed by atoms with Crippen molar-refractivity contribution in [2.24, 2.45) is 5.73 Å². The van der Waals surface area contributed by atoms with Crippen LogP contribution in [0, 0.1) is 0 Å².